The molecule has 0 aliphatic heterocycles. The number of halogens is 1. The molecule has 0 rings (SSSR count). The van der Waals surface area contributed by atoms with Gasteiger partial charge in [0.1, 0.15) is 0 Å². The van der Waals surface area contributed by atoms with Crippen molar-refractivity contribution in [3.63, 3.8) is 0 Å². The maximum absolute atomic E-state index is 5.65. The summed E-state index contributed by atoms with van der Waals surface area (Å²) in [6.45, 7) is 2.31. The van der Waals surface area contributed by atoms with Crippen LogP contribution >= 0.6 is 22.6 Å². The lowest BCUT2D eigenvalue weighted by atomic mass is 10.1. The van der Waals surface area contributed by atoms with E-state index in [0.29, 0.717) is 12.6 Å². The fourth-order valence-corrected chi connectivity index (χ4v) is 1.97. The van der Waals surface area contributed by atoms with E-state index >= 15 is 0 Å². The summed E-state index contributed by atoms with van der Waals surface area (Å²) in [5.41, 5.74) is 11.1. The number of hydrogen-bond donors (Lipinski definition) is 3. The molecule has 0 aromatic heterocycles. The Morgan fingerprint density at radius 2 is 1.79 bits per heavy atom. The van der Waals surface area contributed by atoms with Gasteiger partial charge in [-0.05, 0) is 17.3 Å². The molecule has 0 aromatic rings. The first kappa shape index (κ1) is 14.6. The molecule has 1 unspecified atom stereocenters. The van der Waals surface area contributed by atoms with Crippen LogP contribution in [0, 0.1) is 0 Å². The molecule has 0 amide bonds. The van der Waals surface area contributed by atoms with Crippen LogP contribution in [-0.4, -0.2) is 30.1 Å². The van der Waals surface area contributed by atoms with Crippen molar-refractivity contribution in [1.82, 2.24) is 5.32 Å². The van der Waals surface area contributed by atoms with E-state index in [9.17, 15) is 0 Å². The third-order valence-corrected chi connectivity index (χ3v) is 3.06. The Hall–Kier alpha value is 0.610. The molecular formula is C10H24IN3. The lowest BCUT2D eigenvalue weighted by Crippen LogP contribution is -2.38. The van der Waals surface area contributed by atoms with Crippen LogP contribution in [-0.2, 0) is 0 Å². The van der Waals surface area contributed by atoms with Crippen molar-refractivity contribution in [2.75, 3.05) is 24.1 Å². The van der Waals surface area contributed by atoms with Crippen LogP contribution in [0.25, 0.3) is 0 Å². The minimum atomic E-state index is 0.471. The minimum Gasteiger partial charge on any atom is -0.329 e. The van der Waals surface area contributed by atoms with E-state index in [1.807, 2.05) is 0 Å². The third kappa shape index (κ3) is 9.18. The number of unbranched alkanes of at least 4 members (excludes halogenated alkanes) is 3. The van der Waals surface area contributed by atoms with Gasteiger partial charge in [-0.25, -0.2) is 0 Å². The average Bonchev–Trinajstić information content (AvgIpc) is 2.22. The molecule has 0 aliphatic carbocycles. The van der Waals surface area contributed by atoms with E-state index in [1.165, 1.54) is 36.5 Å². The van der Waals surface area contributed by atoms with Gasteiger partial charge in [-0.3, -0.25) is 0 Å². The molecule has 4 heteroatoms. The molecule has 0 saturated carbocycles. The fourth-order valence-electron chi connectivity index (χ4n) is 1.43. The van der Waals surface area contributed by atoms with Crippen molar-refractivity contribution in [3.8, 4) is 0 Å². The van der Waals surface area contributed by atoms with Gasteiger partial charge < -0.3 is 16.8 Å². The summed E-state index contributed by atoms with van der Waals surface area (Å²) in [7, 11) is 0. The van der Waals surface area contributed by atoms with Crippen LogP contribution in [0.4, 0.5) is 0 Å². The van der Waals surface area contributed by atoms with E-state index in [-0.39, 0.29) is 0 Å². The first-order valence-corrected chi connectivity index (χ1v) is 7.07. The van der Waals surface area contributed by atoms with Gasteiger partial charge >= 0.3 is 0 Å². The highest BCUT2D eigenvalue weighted by atomic mass is 127. The Labute approximate surface area is 102 Å². The molecule has 0 spiro atoms. The van der Waals surface area contributed by atoms with Crippen molar-refractivity contribution < 1.29 is 0 Å². The van der Waals surface area contributed by atoms with Crippen molar-refractivity contribution in [3.05, 3.63) is 0 Å². The van der Waals surface area contributed by atoms with E-state index in [1.54, 1.807) is 0 Å². The molecule has 3 nitrogen and oxygen atoms in total. The number of hydrogen-bond acceptors (Lipinski definition) is 3. The summed E-state index contributed by atoms with van der Waals surface area (Å²) in [6.07, 6.45) is 6.53. The van der Waals surface area contributed by atoms with Crippen molar-refractivity contribution in [2.45, 2.75) is 38.1 Å². The zero-order valence-corrected chi connectivity index (χ0v) is 11.1. The summed E-state index contributed by atoms with van der Waals surface area (Å²) < 4.78 is 1.28. The lowest BCUT2D eigenvalue weighted by Gasteiger charge is -2.15. The summed E-state index contributed by atoms with van der Waals surface area (Å²) in [6, 6.07) is 0.471. The first-order chi connectivity index (χ1) is 6.85. The highest BCUT2D eigenvalue weighted by Gasteiger charge is 2.03. The smallest absolute Gasteiger partial charge is 0.0190 e. The average molecular weight is 313 g/mol. The van der Waals surface area contributed by atoms with Crippen LogP contribution < -0.4 is 16.8 Å². The number of alkyl halides is 1. The Kier molecular flexibility index (Phi) is 12.2. The van der Waals surface area contributed by atoms with E-state index in [0.717, 1.165) is 13.1 Å². The molecule has 0 radical (unpaired) electrons. The van der Waals surface area contributed by atoms with Gasteiger partial charge in [0.15, 0.2) is 0 Å². The molecule has 1 atom stereocenters. The minimum absolute atomic E-state index is 0.471. The third-order valence-electron chi connectivity index (χ3n) is 2.30. The van der Waals surface area contributed by atoms with Gasteiger partial charge in [-0.2, -0.15) is 0 Å². The Balaban J connectivity index is 3.24. The van der Waals surface area contributed by atoms with Gasteiger partial charge in [0, 0.05) is 25.7 Å². The van der Waals surface area contributed by atoms with E-state index < -0.39 is 0 Å². The Morgan fingerprint density at radius 1 is 1.07 bits per heavy atom. The predicted octanol–water partition coefficient (Wildman–Crippen LogP) is 1.25. The van der Waals surface area contributed by atoms with Crippen LogP contribution in [0.3, 0.4) is 0 Å². The van der Waals surface area contributed by atoms with E-state index in [2.05, 4.69) is 27.9 Å². The Morgan fingerprint density at radius 3 is 2.36 bits per heavy atom. The van der Waals surface area contributed by atoms with Crippen LogP contribution in [0.15, 0.2) is 0 Å². The van der Waals surface area contributed by atoms with Crippen molar-refractivity contribution in [2.24, 2.45) is 11.5 Å². The second-order valence-corrected chi connectivity index (χ2v) is 4.65. The number of rotatable bonds is 10. The predicted molar refractivity (Wildman–Crippen MR) is 71.9 cm³/mol. The lowest BCUT2D eigenvalue weighted by molar-refractivity contribution is 0.467. The number of nitrogens with two attached hydrogens (primary N) is 2. The van der Waals surface area contributed by atoms with Gasteiger partial charge in [0.25, 0.3) is 0 Å². The van der Waals surface area contributed by atoms with Gasteiger partial charge in [-0.1, -0.05) is 41.9 Å². The number of nitrogens with one attached hydrogen (secondary N) is 1. The normalized spacial score (nSPS) is 13.1. The SMILES string of the molecule is NCCNC(CN)CCCCCCI. The van der Waals surface area contributed by atoms with Gasteiger partial charge in [0.2, 0.25) is 0 Å². The largest absolute Gasteiger partial charge is 0.329 e. The standard InChI is InChI=1S/C10H24IN3/c11-6-4-2-1-3-5-10(9-13)14-8-7-12/h10,14H,1-9,12-13H2. The van der Waals surface area contributed by atoms with Gasteiger partial charge in [0.05, 0.1) is 0 Å². The molecule has 0 aliphatic rings. The van der Waals surface area contributed by atoms with Crippen LogP contribution in [0.5, 0.6) is 0 Å². The molecule has 0 heterocycles. The molecule has 5 N–H and O–H groups in total. The molecule has 0 saturated heterocycles. The zero-order chi connectivity index (χ0) is 10.6. The summed E-state index contributed by atoms with van der Waals surface area (Å²) >= 11 is 2.43. The topological polar surface area (TPSA) is 64.1 Å². The quantitative estimate of drug-likeness (QED) is 0.323. The van der Waals surface area contributed by atoms with E-state index in [4.69, 9.17) is 11.5 Å². The second kappa shape index (κ2) is 11.7. The monoisotopic (exact) mass is 313 g/mol. The summed E-state index contributed by atoms with van der Waals surface area (Å²) in [5, 5.41) is 3.36. The highest BCUT2D eigenvalue weighted by Crippen LogP contribution is 2.06. The molecule has 86 valence electrons. The molecule has 0 bridgehead atoms. The first-order valence-electron chi connectivity index (χ1n) is 5.54. The summed E-state index contributed by atoms with van der Waals surface area (Å²) in [4.78, 5) is 0. The second-order valence-electron chi connectivity index (χ2n) is 3.57. The van der Waals surface area contributed by atoms with Crippen LogP contribution in [0.2, 0.25) is 0 Å². The molecule has 0 fully saturated rings. The van der Waals surface area contributed by atoms with Gasteiger partial charge in [-0.15, -0.1) is 0 Å². The maximum Gasteiger partial charge on any atom is 0.0190 e. The highest BCUT2D eigenvalue weighted by molar-refractivity contribution is 14.1. The fraction of sp³-hybridized carbons (Fsp3) is 1.00. The van der Waals surface area contributed by atoms with Crippen molar-refractivity contribution >= 4 is 22.6 Å². The van der Waals surface area contributed by atoms with Crippen LogP contribution in [0.1, 0.15) is 32.1 Å². The molecule has 0 aromatic carbocycles. The molecular weight excluding hydrogens is 289 g/mol. The Bertz CT molecular complexity index is 112. The molecule has 14 heavy (non-hydrogen) atoms. The zero-order valence-electron chi connectivity index (χ0n) is 8.97. The summed E-state index contributed by atoms with van der Waals surface area (Å²) in [5.74, 6) is 0. The maximum atomic E-state index is 5.65. The van der Waals surface area contributed by atoms with Crippen molar-refractivity contribution in [1.29, 1.82) is 0 Å².